The molecule has 246 valence electrons. The van der Waals surface area contributed by atoms with Gasteiger partial charge >= 0.3 is 12.4 Å². The van der Waals surface area contributed by atoms with Gasteiger partial charge in [0.2, 0.25) is 0 Å². The van der Waals surface area contributed by atoms with Gasteiger partial charge < -0.3 is 20.4 Å². The number of aliphatic hydroxyl groups excluding tert-OH is 2. The molecule has 2 unspecified atom stereocenters. The van der Waals surface area contributed by atoms with Gasteiger partial charge in [0.25, 0.3) is 5.60 Å². The van der Waals surface area contributed by atoms with Crippen LogP contribution in [0.4, 0.5) is 26.3 Å². The molecule has 3 rings (SSSR count). The molecular formula is C33H48F6O4. The molecule has 0 amide bonds. The van der Waals surface area contributed by atoms with E-state index in [0.717, 1.165) is 43.8 Å². The topological polar surface area (TPSA) is 80.9 Å². The predicted octanol–water partition coefficient (Wildman–Crippen LogP) is 7.88. The summed E-state index contributed by atoms with van der Waals surface area (Å²) in [5.74, 6) is 0.139. The lowest BCUT2D eigenvalue weighted by Gasteiger charge is -2.49. The number of fused-ring (bicyclic) bond motifs is 1. The molecule has 3 aliphatic rings. The van der Waals surface area contributed by atoms with Crippen LogP contribution < -0.4 is 0 Å². The summed E-state index contributed by atoms with van der Waals surface area (Å²) in [6.45, 7) is 11.4. The number of hydrogen-bond donors (Lipinski definition) is 4. The molecule has 3 aliphatic carbocycles. The summed E-state index contributed by atoms with van der Waals surface area (Å²) in [4.78, 5) is 0. The number of rotatable bonds is 9. The SMILES string of the molecule is C=C1/C(=C\C=C2/CCC[C@@]3(C)C2CCC3[C@@](C)(C/C=C\C(O)(C(F)(F)F)C(F)(F)F)CCCC(C)(C)O)C[C@@H](O)C[C@@H]1O. The van der Waals surface area contributed by atoms with Crippen molar-refractivity contribution in [3.8, 4) is 0 Å². The number of hydrogen-bond acceptors (Lipinski definition) is 4. The number of halogens is 6. The van der Waals surface area contributed by atoms with E-state index in [1.54, 1.807) is 13.8 Å². The third-order valence-corrected chi connectivity index (χ3v) is 10.4. The van der Waals surface area contributed by atoms with Crippen molar-refractivity contribution in [3.05, 3.63) is 47.6 Å². The third kappa shape index (κ3) is 7.79. The maximum Gasteiger partial charge on any atom is 0.429 e. The smallest absolute Gasteiger partial charge is 0.393 e. The van der Waals surface area contributed by atoms with Gasteiger partial charge in [-0.2, -0.15) is 26.3 Å². The second-order valence-electron chi connectivity index (χ2n) is 14.3. The van der Waals surface area contributed by atoms with Gasteiger partial charge in [0, 0.05) is 6.42 Å². The van der Waals surface area contributed by atoms with Gasteiger partial charge in [-0.15, -0.1) is 0 Å². The van der Waals surface area contributed by atoms with Gasteiger partial charge in [-0.1, -0.05) is 50.6 Å². The Hall–Kier alpha value is -1.62. The normalized spacial score (nSPS) is 32.9. The number of allylic oxidation sites excluding steroid dienone is 4. The Morgan fingerprint density at radius 3 is 2.16 bits per heavy atom. The average molecular weight is 623 g/mol. The molecule has 0 spiro atoms. The summed E-state index contributed by atoms with van der Waals surface area (Å²) in [7, 11) is 0. The minimum absolute atomic E-state index is 0.0223. The van der Waals surface area contributed by atoms with Gasteiger partial charge in [0.05, 0.1) is 17.8 Å². The Morgan fingerprint density at radius 2 is 1.58 bits per heavy atom. The molecule has 0 aromatic heterocycles. The molecule has 6 atom stereocenters. The van der Waals surface area contributed by atoms with Crippen LogP contribution >= 0.6 is 0 Å². The minimum atomic E-state index is -5.92. The average Bonchev–Trinajstić information content (AvgIpc) is 3.21. The zero-order valence-electron chi connectivity index (χ0n) is 25.7. The fourth-order valence-electron chi connectivity index (χ4n) is 8.04. The summed E-state index contributed by atoms with van der Waals surface area (Å²) in [5.41, 5.74) is -4.25. The highest BCUT2D eigenvalue weighted by molar-refractivity contribution is 5.38. The molecule has 0 bridgehead atoms. The van der Waals surface area contributed by atoms with Gasteiger partial charge in [0.15, 0.2) is 0 Å². The second kappa shape index (κ2) is 12.6. The van der Waals surface area contributed by atoms with Crippen molar-refractivity contribution in [3.63, 3.8) is 0 Å². The van der Waals surface area contributed by atoms with Crippen LogP contribution in [0.25, 0.3) is 0 Å². The molecule has 0 aromatic carbocycles. The molecule has 10 heteroatoms. The second-order valence-corrected chi connectivity index (χ2v) is 14.3. The van der Waals surface area contributed by atoms with E-state index in [4.69, 9.17) is 0 Å². The molecule has 3 saturated carbocycles. The molecule has 0 aromatic rings. The molecule has 43 heavy (non-hydrogen) atoms. The Labute approximate surface area is 251 Å². The van der Waals surface area contributed by atoms with Crippen molar-refractivity contribution in [1.29, 1.82) is 0 Å². The molecule has 0 saturated heterocycles. The van der Waals surface area contributed by atoms with E-state index >= 15 is 0 Å². The van der Waals surface area contributed by atoms with Crippen molar-refractivity contribution < 1.29 is 46.8 Å². The monoisotopic (exact) mass is 622 g/mol. The first-order valence-electron chi connectivity index (χ1n) is 15.2. The molecular weight excluding hydrogens is 574 g/mol. The molecule has 4 N–H and O–H groups in total. The van der Waals surface area contributed by atoms with E-state index in [-0.39, 0.29) is 36.2 Å². The van der Waals surface area contributed by atoms with Crippen LogP contribution in [0.2, 0.25) is 0 Å². The Kier molecular flexibility index (Phi) is 10.5. The minimum Gasteiger partial charge on any atom is -0.393 e. The Balaban J connectivity index is 1.93. The van der Waals surface area contributed by atoms with Crippen LogP contribution in [0.1, 0.15) is 98.3 Å². The molecule has 0 radical (unpaired) electrons. The van der Waals surface area contributed by atoms with Crippen molar-refractivity contribution in [2.24, 2.45) is 22.7 Å². The van der Waals surface area contributed by atoms with Gasteiger partial charge in [-0.25, -0.2) is 0 Å². The first kappa shape index (κ1) is 35.9. The third-order valence-electron chi connectivity index (χ3n) is 10.4. The van der Waals surface area contributed by atoms with Crippen molar-refractivity contribution >= 4 is 0 Å². The first-order valence-corrected chi connectivity index (χ1v) is 15.2. The summed E-state index contributed by atoms with van der Waals surface area (Å²) in [5, 5.41) is 40.3. The molecule has 0 aliphatic heterocycles. The lowest BCUT2D eigenvalue weighted by molar-refractivity contribution is -0.347. The Morgan fingerprint density at radius 1 is 0.953 bits per heavy atom. The van der Waals surface area contributed by atoms with Gasteiger partial charge in [0.1, 0.15) is 0 Å². The highest BCUT2D eigenvalue weighted by atomic mass is 19.4. The number of aliphatic hydroxyl groups is 4. The van der Waals surface area contributed by atoms with Crippen LogP contribution in [-0.4, -0.2) is 56.2 Å². The summed E-state index contributed by atoms with van der Waals surface area (Å²) >= 11 is 0. The van der Waals surface area contributed by atoms with E-state index in [2.05, 4.69) is 13.5 Å². The van der Waals surface area contributed by atoms with Gasteiger partial charge in [-0.05, 0) is 112 Å². The fraction of sp³-hybridized carbons (Fsp3) is 0.758. The lowest BCUT2D eigenvalue weighted by Crippen LogP contribution is -2.55. The van der Waals surface area contributed by atoms with Crippen molar-refractivity contribution in [2.75, 3.05) is 0 Å². The van der Waals surface area contributed by atoms with Crippen LogP contribution in [0, 0.1) is 22.7 Å². The first-order chi connectivity index (χ1) is 19.5. The van der Waals surface area contributed by atoms with Crippen LogP contribution in [-0.2, 0) is 0 Å². The zero-order chi connectivity index (χ0) is 32.6. The predicted molar refractivity (Wildman–Crippen MR) is 154 cm³/mol. The molecule has 4 nitrogen and oxygen atoms in total. The van der Waals surface area contributed by atoms with Crippen LogP contribution in [0.3, 0.4) is 0 Å². The van der Waals surface area contributed by atoms with Crippen molar-refractivity contribution in [1.82, 2.24) is 0 Å². The van der Waals surface area contributed by atoms with Crippen LogP contribution in [0.15, 0.2) is 47.6 Å². The van der Waals surface area contributed by atoms with Gasteiger partial charge in [-0.3, -0.25) is 0 Å². The highest BCUT2D eigenvalue weighted by Gasteiger charge is 2.69. The summed E-state index contributed by atoms with van der Waals surface area (Å²) in [6.07, 6.45) is -2.44. The van der Waals surface area contributed by atoms with E-state index in [9.17, 15) is 46.8 Å². The van der Waals surface area contributed by atoms with Crippen molar-refractivity contribution in [2.45, 2.75) is 134 Å². The van der Waals surface area contributed by atoms with Crippen LogP contribution in [0.5, 0.6) is 0 Å². The molecule has 3 fully saturated rings. The Bertz CT molecular complexity index is 1080. The summed E-state index contributed by atoms with van der Waals surface area (Å²) < 4.78 is 80.2. The lowest BCUT2D eigenvalue weighted by atomic mass is 9.55. The summed E-state index contributed by atoms with van der Waals surface area (Å²) in [6, 6.07) is 0. The largest absolute Gasteiger partial charge is 0.429 e. The van der Waals surface area contributed by atoms with E-state index < -0.39 is 41.2 Å². The zero-order valence-corrected chi connectivity index (χ0v) is 25.7. The van der Waals surface area contributed by atoms with E-state index in [1.807, 2.05) is 19.1 Å². The highest BCUT2D eigenvalue weighted by Crippen LogP contribution is 2.64. The standard InChI is InChI=1S/C33H48F6O4/c1-21-23(19-24(40)20-26(21)41)11-10-22-9-6-17-30(5)25(22)12-13-27(30)29(4,15-7-14-28(2,3)42)16-8-18-31(43,32(34,35)36)33(37,38)39/h8,10-11,18,24-27,40-43H,1,6-7,9,12-17,19-20H2,2-5H3/b18-8-,22-10+,23-11-/t24-,25?,26+,27?,29-,30+/m1/s1. The van der Waals surface area contributed by atoms with E-state index in [0.29, 0.717) is 31.3 Å². The fourth-order valence-corrected chi connectivity index (χ4v) is 8.04. The molecule has 0 heterocycles. The maximum absolute atomic E-state index is 13.4. The van der Waals surface area contributed by atoms with E-state index in [1.165, 1.54) is 5.57 Å². The quantitative estimate of drug-likeness (QED) is 0.156. The maximum atomic E-state index is 13.4. The number of alkyl halides is 6.